The molecule has 1 rings (SSSR count). The molecule has 1 unspecified atom stereocenters. The van der Waals surface area contributed by atoms with Crippen molar-refractivity contribution in [2.75, 3.05) is 6.54 Å². The minimum atomic E-state index is 0.00481. The quantitative estimate of drug-likeness (QED) is 0.869. The van der Waals surface area contributed by atoms with Crippen LogP contribution in [0.4, 0.5) is 0 Å². The number of hydrogen-bond donors (Lipinski definition) is 1. The van der Waals surface area contributed by atoms with Gasteiger partial charge in [-0.25, -0.2) is 0 Å². The molecule has 0 aliphatic heterocycles. The average Bonchev–Trinajstić information content (AvgIpc) is 2.34. The number of rotatable bonds is 6. The van der Waals surface area contributed by atoms with Crippen molar-refractivity contribution in [1.82, 2.24) is 5.32 Å². The topological polar surface area (TPSA) is 29.1 Å². The van der Waals surface area contributed by atoms with Gasteiger partial charge in [0.1, 0.15) is 0 Å². The van der Waals surface area contributed by atoms with Gasteiger partial charge in [-0.3, -0.25) is 4.79 Å². The number of benzene rings is 1. The van der Waals surface area contributed by atoms with Crippen LogP contribution in [0, 0.1) is 0 Å². The lowest BCUT2D eigenvalue weighted by Crippen LogP contribution is -2.31. The van der Waals surface area contributed by atoms with E-state index in [2.05, 4.69) is 40.3 Å². The van der Waals surface area contributed by atoms with Crippen LogP contribution in [-0.2, 0) is 10.5 Å². The first-order valence-electron chi connectivity index (χ1n) is 5.77. The molecule has 1 atom stereocenters. The van der Waals surface area contributed by atoms with Gasteiger partial charge in [-0.05, 0) is 31.0 Å². The van der Waals surface area contributed by atoms with Crippen LogP contribution in [0.2, 0.25) is 0 Å². The first-order chi connectivity index (χ1) is 8.13. The van der Waals surface area contributed by atoms with Crippen molar-refractivity contribution in [3.8, 4) is 0 Å². The van der Waals surface area contributed by atoms with E-state index in [0.717, 1.165) is 23.2 Å². The molecular formula is C13H18BrNOS. The molecular weight excluding hydrogens is 298 g/mol. The Morgan fingerprint density at radius 1 is 1.41 bits per heavy atom. The van der Waals surface area contributed by atoms with Gasteiger partial charge >= 0.3 is 0 Å². The highest BCUT2D eigenvalue weighted by atomic mass is 79.9. The lowest BCUT2D eigenvalue weighted by atomic mass is 10.2. The Hall–Kier alpha value is -0.480. The maximum Gasteiger partial charge on any atom is 0.232 e. The zero-order valence-electron chi connectivity index (χ0n) is 10.2. The Kier molecular flexibility index (Phi) is 6.66. The molecule has 0 heterocycles. The summed E-state index contributed by atoms with van der Waals surface area (Å²) in [6.45, 7) is 4.77. The summed E-state index contributed by atoms with van der Waals surface area (Å²) in [5.74, 6) is 1.00. The Balaban J connectivity index is 2.34. The predicted molar refractivity (Wildman–Crippen MR) is 78.2 cm³/mol. The van der Waals surface area contributed by atoms with E-state index in [1.165, 1.54) is 5.56 Å². The number of halogens is 1. The number of carbonyl (C=O) groups excluding carboxylic acids is 1. The third-order valence-corrected chi connectivity index (χ3v) is 4.07. The number of nitrogens with one attached hydrogen (secondary N) is 1. The van der Waals surface area contributed by atoms with Crippen LogP contribution in [0.25, 0.3) is 0 Å². The Morgan fingerprint density at radius 3 is 2.65 bits per heavy atom. The molecule has 2 nitrogen and oxygen atoms in total. The second-order valence-electron chi connectivity index (χ2n) is 3.87. The average molecular weight is 316 g/mol. The van der Waals surface area contributed by atoms with Gasteiger partial charge in [0, 0.05) is 16.8 Å². The highest BCUT2D eigenvalue weighted by Gasteiger charge is 2.12. The lowest BCUT2D eigenvalue weighted by Gasteiger charge is -2.11. The van der Waals surface area contributed by atoms with E-state index in [1.807, 2.05) is 19.1 Å². The summed E-state index contributed by atoms with van der Waals surface area (Å²) in [6, 6.07) is 8.21. The van der Waals surface area contributed by atoms with E-state index in [9.17, 15) is 4.79 Å². The molecule has 0 aliphatic rings. The molecule has 0 saturated heterocycles. The Labute approximate surface area is 116 Å². The maximum absolute atomic E-state index is 11.6. The summed E-state index contributed by atoms with van der Waals surface area (Å²) in [6.07, 6.45) is 0.982. The molecule has 1 aromatic carbocycles. The van der Waals surface area contributed by atoms with Crippen molar-refractivity contribution in [2.24, 2.45) is 0 Å². The minimum absolute atomic E-state index is 0.00481. The largest absolute Gasteiger partial charge is 0.355 e. The SMILES string of the molecule is CCCNC(=O)C(C)SCc1ccc(Br)cc1. The standard InChI is InChI=1S/C13H18BrNOS/c1-3-8-15-13(16)10(2)17-9-11-4-6-12(14)7-5-11/h4-7,10H,3,8-9H2,1-2H3,(H,15,16). The zero-order valence-corrected chi connectivity index (χ0v) is 12.6. The smallest absolute Gasteiger partial charge is 0.232 e. The van der Waals surface area contributed by atoms with Crippen molar-refractivity contribution in [2.45, 2.75) is 31.3 Å². The van der Waals surface area contributed by atoms with Gasteiger partial charge in [-0.1, -0.05) is 35.0 Å². The number of carbonyl (C=O) groups is 1. The first-order valence-corrected chi connectivity index (χ1v) is 7.61. The van der Waals surface area contributed by atoms with E-state index in [4.69, 9.17) is 0 Å². The summed E-state index contributed by atoms with van der Waals surface area (Å²) >= 11 is 5.07. The van der Waals surface area contributed by atoms with Gasteiger partial charge in [0.15, 0.2) is 0 Å². The molecule has 1 aromatic rings. The number of hydrogen-bond acceptors (Lipinski definition) is 2. The summed E-state index contributed by atoms with van der Waals surface area (Å²) in [7, 11) is 0. The van der Waals surface area contributed by atoms with Crippen molar-refractivity contribution < 1.29 is 4.79 Å². The van der Waals surface area contributed by atoms with Crippen LogP contribution >= 0.6 is 27.7 Å². The van der Waals surface area contributed by atoms with Crippen LogP contribution in [0.1, 0.15) is 25.8 Å². The molecule has 1 amide bonds. The monoisotopic (exact) mass is 315 g/mol. The molecule has 0 saturated carbocycles. The molecule has 1 N–H and O–H groups in total. The van der Waals surface area contributed by atoms with Gasteiger partial charge < -0.3 is 5.32 Å². The van der Waals surface area contributed by atoms with Gasteiger partial charge in [-0.2, -0.15) is 0 Å². The van der Waals surface area contributed by atoms with E-state index in [0.29, 0.717) is 0 Å². The summed E-state index contributed by atoms with van der Waals surface area (Å²) in [4.78, 5) is 11.6. The number of amides is 1. The molecule has 94 valence electrons. The Bertz CT molecular complexity index is 353. The maximum atomic E-state index is 11.6. The van der Waals surface area contributed by atoms with Crippen LogP contribution in [0.5, 0.6) is 0 Å². The summed E-state index contributed by atoms with van der Waals surface area (Å²) < 4.78 is 1.08. The highest BCUT2D eigenvalue weighted by molar-refractivity contribution is 9.10. The molecule has 0 fully saturated rings. The molecule has 0 aromatic heterocycles. The van der Waals surface area contributed by atoms with Crippen molar-refractivity contribution >= 4 is 33.6 Å². The zero-order chi connectivity index (χ0) is 12.7. The number of thioether (sulfide) groups is 1. The summed E-state index contributed by atoms with van der Waals surface area (Å²) in [5.41, 5.74) is 1.24. The molecule has 0 radical (unpaired) electrons. The van der Waals surface area contributed by atoms with Crippen molar-refractivity contribution in [3.63, 3.8) is 0 Å². The summed E-state index contributed by atoms with van der Waals surface area (Å²) in [5, 5.41) is 2.92. The van der Waals surface area contributed by atoms with Gasteiger partial charge in [0.2, 0.25) is 5.91 Å². The van der Waals surface area contributed by atoms with E-state index < -0.39 is 0 Å². The van der Waals surface area contributed by atoms with Crippen molar-refractivity contribution in [1.29, 1.82) is 0 Å². The fourth-order valence-corrected chi connectivity index (χ4v) is 2.40. The molecule has 17 heavy (non-hydrogen) atoms. The van der Waals surface area contributed by atoms with Crippen LogP contribution in [0.15, 0.2) is 28.7 Å². The van der Waals surface area contributed by atoms with E-state index in [-0.39, 0.29) is 11.2 Å². The van der Waals surface area contributed by atoms with E-state index >= 15 is 0 Å². The van der Waals surface area contributed by atoms with Crippen LogP contribution in [-0.4, -0.2) is 17.7 Å². The first kappa shape index (κ1) is 14.6. The minimum Gasteiger partial charge on any atom is -0.355 e. The fraction of sp³-hybridized carbons (Fsp3) is 0.462. The van der Waals surface area contributed by atoms with Gasteiger partial charge in [0.05, 0.1) is 5.25 Å². The fourth-order valence-electron chi connectivity index (χ4n) is 1.27. The van der Waals surface area contributed by atoms with Crippen LogP contribution in [0.3, 0.4) is 0 Å². The van der Waals surface area contributed by atoms with Gasteiger partial charge in [0.25, 0.3) is 0 Å². The molecule has 0 bridgehead atoms. The molecule has 4 heteroatoms. The molecule has 0 aliphatic carbocycles. The second-order valence-corrected chi connectivity index (χ2v) is 6.12. The predicted octanol–water partition coefficient (Wildman–Crippen LogP) is 3.60. The Morgan fingerprint density at radius 2 is 2.06 bits per heavy atom. The van der Waals surface area contributed by atoms with Crippen LogP contribution < -0.4 is 5.32 Å². The lowest BCUT2D eigenvalue weighted by molar-refractivity contribution is -0.120. The third-order valence-electron chi connectivity index (χ3n) is 2.33. The van der Waals surface area contributed by atoms with Crippen molar-refractivity contribution in [3.05, 3.63) is 34.3 Å². The second kappa shape index (κ2) is 7.77. The normalized spacial score (nSPS) is 12.2. The molecule has 0 spiro atoms. The highest BCUT2D eigenvalue weighted by Crippen LogP contribution is 2.19. The van der Waals surface area contributed by atoms with E-state index in [1.54, 1.807) is 11.8 Å². The van der Waals surface area contributed by atoms with Gasteiger partial charge in [-0.15, -0.1) is 11.8 Å². The third kappa shape index (κ3) is 5.59.